The summed E-state index contributed by atoms with van der Waals surface area (Å²) in [6.45, 7) is 2.28. The first-order valence-corrected chi connectivity index (χ1v) is 4.77. The number of aromatic nitrogens is 2. The molecule has 0 atom stereocenters. The van der Waals surface area contributed by atoms with Gasteiger partial charge in [0, 0.05) is 5.69 Å². The summed E-state index contributed by atoms with van der Waals surface area (Å²) in [6, 6.07) is 3.30. The highest BCUT2D eigenvalue weighted by molar-refractivity contribution is 6.02. The molecule has 84 valence electrons. The standard InChI is InChI=1S/C10H11N3O3/c1-2-16-10-12-7-4-5(11)3-6(9(14)15)8(7)13-10/h3-4H,2,11H2,1H3,(H,12,13)(H,14,15). The second-order valence-corrected chi connectivity index (χ2v) is 3.24. The molecule has 2 aromatic rings. The van der Waals surface area contributed by atoms with Gasteiger partial charge in [0.2, 0.25) is 0 Å². The molecule has 0 radical (unpaired) electrons. The molecule has 0 saturated carbocycles. The number of carboxylic acids is 1. The SMILES string of the molecule is CCOc1nc2c(C(=O)O)cc(N)cc2[nH]1. The number of fused-ring (bicyclic) bond motifs is 1. The Hall–Kier alpha value is -2.24. The first-order valence-electron chi connectivity index (χ1n) is 4.77. The Balaban J connectivity index is 2.65. The van der Waals surface area contributed by atoms with E-state index in [-0.39, 0.29) is 5.56 Å². The van der Waals surface area contributed by atoms with Crippen LogP contribution < -0.4 is 10.5 Å². The average Bonchev–Trinajstić information content (AvgIpc) is 2.59. The number of nitrogens with zero attached hydrogens (tertiary/aromatic N) is 1. The van der Waals surface area contributed by atoms with Gasteiger partial charge in [0.1, 0.15) is 5.52 Å². The monoisotopic (exact) mass is 221 g/mol. The second-order valence-electron chi connectivity index (χ2n) is 3.24. The van der Waals surface area contributed by atoms with Crippen LogP contribution in [0.15, 0.2) is 12.1 Å². The van der Waals surface area contributed by atoms with E-state index in [2.05, 4.69) is 9.97 Å². The number of nitrogen functional groups attached to an aromatic ring is 1. The number of aromatic carboxylic acids is 1. The molecule has 16 heavy (non-hydrogen) atoms. The van der Waals surface area contributed by atoms with Crippen molar-refractivity contribution in [3.05, 3.63) is 17.7 Å². The van der Waals surface area contributed by atoms with Gasteiger partial charge in [-0.15, -0.1) is 0 Å². The summed E-state index contributed by atoms with van der Waals surface area (Å²) in [5.74, 6) is -1.06. The maximum Gasteiger partial charge on any atom is 0.338 e. The maximum absolute atomic E-state index is 11.0. The lowest BCUT2D eigenvalue weighted by atomic mass is 10.1. The van der Waals surface area contributed by atoms with Crippen molar-refractivity contribution < 1.29 is 14.6 Å². The Morgan fingerprint density at radius 3 is 3.00 bits per heavy atom. The minimum atomic E-state index is -1.06. The molecular formula is C10H11N3O3. The highest BCUT2D eigenvalue weighted by Crippen LogP contribution is 2.23. The number of imidazole rings is 1. The molecule has 1 heterocycles. The summed E-state index contributed by atoms with van der Waals surface area (Å²) in [5, 5.41) is 9.00. The molecule has 1 aromatic heterocycles. The number of carboxylic acid groups (broad SMARTS) is 1. The highest BCUT2D eigenvalue weighted by atomic mass is 16.5. The van der Waals surface area contributed by atoms with Crippen LogP contribution in [0.2, 0.25) is 0 Å². The summed E-state index contributed by atoms with van der Waals surface area (Å²) >= 11 is 0. The zero-order valence-electron chi connectivity index (χ0n) is 8.65. The predicted molar refractivity (Wildman–Crippen MR) is 58.6 cm³/mol. The van der Waals surface area contributed by atoms with Gasteiger partial charge in [0.05, 0.1) is 17.7 Å². The van der Waals surface area contributed by atoms with Crippen LogP contribution in [0.4, 0.5) is 5.69 Å². The van der Waals surface area contributed by atoms with E-state index in [1.807, 2.05) is 6.92 Å². The number of anilines is 1. The predicted octanol–water partition coefficient (Wildman–Crippen LogP) is 1.24. The number of H-pyrrole nitrogens is 1. The van der Waals surface area contributed by atoms with E-state index in [9.17, 15) is 4.79 Å². The van der Waals surface area contributed by atoms with E-state index in [0.717, 1.165) is 0 Å². The Kier molecular flexibility index (Phi) is 2.40. The summed E-state index contributed by atoms with van der Waals surface area (Å²) in [6.07, 6.45) is 0. The van der Waals surface area contributed by atoms with Crippen molar-refractivity contribution >= 4 is 22.7 Å². The molecule has 0 aliphatic rings. The quantitative estimate of drug-likeness (QED) is 0.677. The fourth-order valence-corrected chi connectivity index (χ4v) is 1.49. The molecule has 0 aliphatic carbocycles. The number of hydrogen-bond donors (Lipinski definition) is 3. The van der Waals surface area contributed by atoms with Crippen molar-refractivity contribution in [3.8, 4) is 6.01 Å². The molecule has 0 unspecified atom stereocenters. The van der Waals surface area contributed by atoms with Gasteiger partial charge in [-0.3, -0.25) is 0 Å². The number of carbonyl (C=O) groups is 1. The Labute approximate surface area is 91.0 Å². The minimum Gasteiger partial charge on any atom is -0.478 e. The van der Waals surface area contributed by atoms with E-state index in [4.69, 9.17) is 15.6 Å². The summed E-state index contributed by atoms with van der Waals surface area (Å²) < 4.78 is 5.17. The lowest BCUT2D eigenvalue weighted by Crippen LogP contribution is -1.99. The van der Waals surface area contributed by atoms with Crippen LogP contribution in [-0.2, 0) is 0 Å². The van der Waals surface area contributed by atoms with Crippen LogP contribution in [-0.4, -0.2) is 27.7 Å². The maximum atomic E-state index is 11.0. The summed E-state index contributed by atoms with van der Waals surface area (Å²) in [4.78, 5) is 17.9. The molecule has 0 fully saturated rings. The van der Waals surface area contributed by atoms with Gasteiger partial charge in [-0.05, 0) is 19.1 Å². The zero-order chi connectivity index (χ0) is 11.7. The fourth-order valence-electron chi connectivity index (χ4n) is 1.49. The topological polar surface area (TPSA) is 101 Å². The molecule has 0 spiro atoms. The van der Waals surface area contributed by atoms with E-state index < -0.39 is 5.97 Å². The van der Waals surface area contributed by atoms with Crippen LogP contribution in [0.1, 0.15) is 17.3 Å². The number of aromatic amines is 1. The summed E-state index contributed by atoms with van der Waals surface area (Å²) in [5.41, 5.74) is 6.94. The van der Waals surface area contributed by atoms with Crippen LogP contribution in [0.3, 0.4) is 0 Å². The van der Waals surface area contributed by atoms with Gasteiger partial charge in [-0.25, -0.2) is 4.79 Å². The minimum absolute atomic E-state index is 0.0669. The lowest BCUT2D eigenvalue weighted by molar-refractivity contribution is 0.0699. The van der Waals surface area contributed by atoms with E-state index in [0.29, 0.717) is 29.3 Å². The fraction of sp³-hybridized carbons (Fsp3) is 0.200. The summed E-state index contributed by atoms with van der Waals surface area (Å²) in [7, 11) is 0. The van der Waals surface area contributed by atoms with Gasteiger partial charge < -0.3 is 20.6 Å². The molecular weight excluding hydrogens is 210 g/mol. The van der Waals surface area contributed by atoms with Crippen molar-refractivity contribution in [2.75, 3.05) is 12.3 Å². The molecule has 0 amide bonds. The second kappa shape index (κ2) is 3.73. The Morgan fingerprint density at radius 2 is 2.38 bits per heavy atom. The van der Waals surface area contributed by atoms with Crippen LogP contribution >= 0.6 is 0 Å². The van der Waals surface area contributed by atoms with Crippen molar-refractivity contribution in [2.24, 2.45) is 0 Å². The van der Waals surface area contributed by atoms with Gasteiger partial charge in [0.15, 0.2) is 0 Å². The molecule has 6 nitrogen and oxygen atoms in total. The first-order chi connectivity index (χ1) is 7.61. The normalized spacial score (nSPS) is 10.6. The van der Waals surface area contributed by atoms with Crippen molar-refractivity contribution in [1.82, 2.24) is 9.97 Å². The number of ether oxygens (including phenoxy) is 1. The molecule has 2 rings (SSSR count). The largest absolute Gasteiger partial charge is 0.478 e. The molecule has 0 aliphatic heterocycles. The van der Waals surface area contributed by atoms with Gasteiger partial charge >= 0.3 is 5.97 Å². The van der Waals surface area contributed by atoms with E-state index in [1.54, 1.807) is 6.07 Å². The number of nitrogens with one attached hydrogen (secondary N) is 1. The van der Waals surface area contributed by atoms with Crippen molar-refractivity contribution in [2.45, 2.75) is 6.92 Å². The van der Waals surface area contributed by atoms with E-state index in [1.165, 1.54) is 6.07 Å². The molecule has 6 heteroatoms. The van der Waals surface area contributed by atoms with Gasteiger partial charge in [-0.1, -0.05) is 0 Å². The van der Waals surface area contributed by atoms with Crippen LogP contribution in [0, 0.1) is 0 Å². The molecule has 0 saturated heterocycles. The smallest absolute Gasteiger partial charge is 0.338 e. The number of benzene rings is 1. The van der Waals surface area contributed by atoms with Crippen LogP contribution in [0.25, 0.3) is 11.0 Å². The third-order valence-electron chi connectivity index (χ3n) is 2.10. The molecule has 1 aromatic carbocycles. The van der Waals surface area contributed by atoms with Crippen molar-refractivity contribution in [1.29, 1.82) is 0 Å². The third-order valence-corrected chi connectivity index (χ3v) is 2.10. The zero-order valence-corrected chi connectivity index (χ0v) is 8.65. The van der Waals surface area contributed by atoms with Crippen LogP contribution in [0.5, 0.6) is 6.01 Å². The average molecular weight is 221 g/mol. The lowest BCUT2D eigenvalue weighted by Gasteiger charge is -1.97. The Bertz CT molecular complexity index is 547. The van der Waals surface area contributed by atoms with Gasteiger partial charge in [0.25, 0.3) is 6.01 Å². The van der Waals surface area contributed by atoms with Gasteiger partial charge in [-0.2, -0.15) is 4.98 Å². The number of hydrogen-bond acceptors (Lipinski definition) is 4. The number of nitrogens with two attached hydrogens (primary N) is 1. The molecule has 4 N–H and O–H groups in total. The molecule has 0 bridgehead atoms. The van der Waals surface area contributed by atoms with E-state index >= 15 is 0 Å². The first kappa shape index (κ1) is 10.3. The van der Waals surface area contributed by atoms with Crippen molar-refractivity contribution in [3.63, 3.8) is 0 Å². The Morgan fingerprint density at radius 1 is 1.62 bits per heavy atom. The third kappa shape index (κ3) is 1.65. The number of rotatable bonds is 3. The highest BCUT2D eigenvalue weighted by Gasteiger charge is 2.14.